The molecule has 2 atom stereocenters. The SMILES string of the molecule is CNC1CCCC(Cn2cc3c(OCC(F)(F)F)c(C(=O)NCCOC)ccc3n2)CC1. The highest BCUT2D eigenvalue weighted by Crippen LogP contribution is 2.32. The molecule has 1 amide bonds. The monoisotopic (exact) mass is 456 g/mol. The zero-order valence-corrected chi connectivity index (χ0v) is 18.5. The van der Waals surface area contributed by atoms with Crippen LogP contribution >= 0.6 is 0 Å². The summed E-state index contributed by atoms with van der Waals surface area (Å²) in [5.74, 6) is -0.174. The summed E-state index contributed by atoms with van der Waals surface area (Å²) in [7, 11) is 3.48. The molecule has 7 nitrogen and oxygen atoms in total. The van der Waals surface area contributed by atoms with Gasteiger partial charge in [-0.2, -0.15) is 18.3 Å². The van der Waals surface area contributed by atoms with Crippen LogP contribution in [0.15, 0.2) is 18.3 Å². The van der Waals surface area contributed by atoms with Gasteiger partial charge < -0.3 is 20.1 Å². The molecule has 1 fully saturated rings. The van der Waals surface area contributed by atoms with Crippen LogP contribution in [0.1, 0.15) is 42.5 Å². The molecule has 0 spiro atoms. The number of ether oxygens (including phenoxy) is 2. The van der Waals surface area contributed by atoms with E-state index in [1.165, 1.54) is 13.2 Å². The van der Waals surface area contributed by atoms with Gasteiger partial charge in [-0.25, -0.2) is 0 Å². The maximum Gasteiger partial charge on any atom is 0.422 e. The Kier molecular flexibility index (Phi) is 8.36. The van der Waals surface area contributed by atoms with Crippen molar-refractivity contribution in [2.45, 2.75) is 50.9 Å². The van der Waals surface area contributed by atoms with Gasteiger partial charge in [0.15, 0.2) is 6.61 Å². The molecule has 32 heavy (non-hydrogen) atoms. The summed E-state index contributed by atoms with van der Waals surface area (Å²) in [6.45, 7) is -0.274. The Morgan fingerprint density at radius 2 is 2.06 bits per heavy atom. The fourth-order valence-corrected chi connectivity index (χ4v) is 4.18. The molecule has 1 aliphatic carbocycles. The maximum atomic E-state index is 12.9. The number of fused-ring (bicyclic) bond motifs is 1. The van der Waals surface area contributed by atoms with Crippen LogP contribution in [0.3, 0.4) is 0 Å². The van der Waals surface area contributed by atoms with Crippen LogP contribution < -0.4 is 15.4 Å². The lowest BCUT2D eigenvalue weighted by Gasteiger charge is -2.15. The predicted octanol–water partition coefficient (Wildman–Crippen LogP) is 3.52. The van der Waals surface area contributed by atoms with Gasteiger partial charge in [-0.3, -0.25) is 9.48 Å². The number of hydrogen-bond donors (Lipinski definition) is 2. The van der Waals surface area contributed by atoms with Gasteiger partial charge in [0.2, 0.25) is 0 Å². The Morgan fingerprint density at radius 3 is 2.78 bits per heavy atom. The zero-order chi connectivity index (χ0) is 23.1. The van der Waals surface area contributed by atoms with Crippen LogP contribution in [-0.4, -0.2) is 61.8 Å². The summed E-state index contributed by atoms with van der Waals surface area (Å²) in [5.41, 5.74) is 0.543. The van der Waals surface area contributed by atoms with Gasteiger partial charge in [-0.05, 0) is 50.8 Å². The molecule has 2 aromatic rings. The molecule has 1 aliphatic rings. The molecular weight excluding hydrogens is 425 g/mol. The first kappa shape index (κ1) is 24.3. The van der Waals surface area contributed by atoms with E-state index in [0.29, 0.717) is 36.0 Å². The van der Waals surface area contributed by atoms with Crippen molar-refractivity contribution in [1.82, 2.24) is 20.4 Å². The Labute approximate surface area is 185 Å². The maximum absolute atomic E-state index is 12.9. The summed E-state index contributed by atoms with van der Waals surface area (Å²) in [4.78, 5) is 12.6. The van der Waals surface area contributed by atoms with Crippen molar-refractivity contribution in [1.29, 1.82) is 0 Å². The number of nitrogens with one attached hydrogen (secondary N) is 2. The van der Waals surface area contributed by atoms with Gasteiger partial charge in [0.25, 0.3) is 5.91 Å². The third kappa shape index (κ3) is 6.59. The van der Waals surface area contributed by atoms with Crippen LogP contribution in [-0.2, 0) is 11.3 Å². The number of alkyl halides is 3. The van der Waals surface area contributed by atoms with Crippen molar-refractivity contribution < 1.29 is 27.4 Å². The van der Waals surface area contributed by atoms with Crippen molar-refractivity contribution in [2.24, 2.45) is 5.92 Å². The van der Waals surface area contributed by atoms with Crippen molar-refractivity contribution in [3.8, 4) is 5.75 Å². The quantitative estimate of drug-likeness (QED) is 0.446. The van der Waals surface area contributed by atoms with Gasteiger partial charge in [0, 0.05) is 32.4 Å². The molecule has 0 radical (unpaired) electrons. The van der Waals surface area contributed by atoms with E-state index in [1.54, 1.807) is 16.9 Å². The lowest BCUT2D eigenvalue weighted by atomic mass is 10.0. The number of aromatic nitrogens is 2. The minimum Gasteiger partial charge on any atom is -0.483 e. The Bertz CT molecular complexity index is 900. The normalized spacial score (nSPS) is 19.7. The topological polar surface area (TPSA) is 77.4 Å². The Hall–Kier alpha value is -2.33. The molecular formula is C22H31F3N4O3. The number of amides is 1. The third-order valence-corrected chi connectivity index (χ3v) is 5.85. The molecule has 3 rings (SSSR count). The zero-order valence-electron chi connectivity index (χ0n) is 18.5. The number of carbonyl (C=O) groups excluding carboxylic acids is 1. The van der Waals surface area contributed by atoms with E-state index in [2.05, 4.69) is 15.7 Å². The van der Waals surface area contributed by atoms with Crippen molar-refractivity contribution in [3.05, 3.63) is 23.9 Å². The van der Waals surface area contributed by atoms with Gasteiger partial charge in [0.1, 0.15) is 5.75 Å². The van der Waals surface area contributed by atoms with E-state index >= 15 is 0 Å². The fourth-order valence-electron chi connectivity index (χ4n) is 4.18. The highest BCUT2D eigenvalue weighted by atomic mass is 19.4. The van der Waals surface area contributed by atoms with Crippen LogP contribution in [0.4, 0.5) is 13.2 Å². The van der Waals surface area contributed by atoms with Crippen molar-refractivity contribution in [2.75, 3.05) is 33.9 Å². The molecule has 1 saturated carbocycles. The highest BCUT2D eigenvalue weighted by molar-refractivity contribution is 6.03. The molecule has 2 unspecified atom stereocenters. The first-order chi connectivity index (χ1) is 15.3. The third-order valence-electron chi connectivity index (χ3n) is 5.85. The number of benzene rings is 1. The first-order valence-corrected chi connectivity index (χ1v) is 10.9. The molecule has 0 saturated heterocycles. The van der Waals surface area contributed by atoms with E-state index in [0.717, 1.165) is 32.1 Å². The average Bonchev–Trinajstić information content (AvgIpc) is 3.02. The van der Waals surface area contributed by atoms with Crippen LogP contribution in [0.25, 0.3) is 10.9 Å². The number of nitrogens with zero attached hydrogens (tertiary/aromatic N) is 2. The Balaban J connectivity index is 1.84. The second-order valence-electron chi connectivity index (χ2n) is 8.24. The van der Waals surface area contributed by atoms with Gasteiger partial charge in [-0.1, -0.05) is 6.42 Å². The summed E-state index contributed by atoms with van der Waals surface area (Å²) < 4.78 is 50.4. The van der Waals surface area contributed by atoms with Gasteiger partial charge >= 0.3 is 6.18 Å². The van der Waals surface area contributed by atoms with Crippen molar-refractivity contribution in [3.63, 3.8) is 0 Å². The fraction of sp³-hybridized carbons (Fsp3) is 0.636. The summed E-state index contributed by atoms with van der Waals surface area (Å²) in [6.07, 6.45) is 2.67. The van der Waals surface area contributed by atoms with Crippen LogP contribution in [0.2, 0.25) is 0 Å². The highest BCUT2D eigenvalue weighted by Gasteiger charge is 2.30. The van der Waals surface area contributed by atoms with E-state index < -0.39 is 18.7 Å². The smallest absolute Gasteiger partial charge is 0.422 e. The second kappa shape index (κ2) is 11.0. The first-order valence-electron chi connectivity index (χ1n) is 10.9. The molecule has 1 aromatic carbocycles. The number of methoxy groups -OCH3 is 1. The molecule has 1 heterocycles. The minimum atomic E-state index is -4.52. The molecule has 178 valence electrons. The van der Waals surface area contributed by atoms with E-state index in [1.807, 2.05) is 7.05 Å². The molecule has 10 heteroatoms. The minimum absolute atomic E-state index is 0.0451. The molecule has 0 aliphatic heterocycles. The van der Waals surface area contributed by atoms with E-state index in [4.69, 9.17) is 9.47 Å². The molecule has 2 N–H and O–H groups in total. The standard InChI is InChI=1S/C22H31F3N4O3/c1-26-16-5-3-4-15(6-7-16)12-29-13-18-19(28-29)9-8-17(21(30)27-10-11-31-2)20(18)32-14-22(23,24)25/h8-9,13,15-16,26H,3-7,10-12,14H2,1-2H3,(H,27,30). The predicted molar refractivity (Wildman–Crippen MR) is 115 cm³/mol. The van der Waals surface area contributed by atoms with Gasteiger partial charge in [-0.15, -0.1) is 0 Å². The Morgan fingerprint density at radius 1 is 1.25 bits per heavy atom. The summed E-state index contributed by atoms with van der Waals surface area (Å²) in [5, 5.41) is 10.9. The summed E-state index contributed by atoms with van der Waals surface area (Å²) in [6, 6.07) is 3.62. The van der Waals surface area contributed by atoms with E-state index in [-0.39, 0.29) is 17.9 Å². The van der Waals surface area contributed by atoms with E-state index in [9.17, 15) is 18.0 Å². The number of halogens is 3. The second-order valence-corrected chi connectivity index (χ2v) is 8.24. The lowest BCUT2D eigenvalue weighted by molar-refractivity contribution is -0.153. The van der Waals surface area contributed by atoms with Crippen molar-refractivity contribution >= 4 is 16.8 Å². The van der Waals surface area contributed by atoms with Gasteiger partial charge in [0.05, 0.1) is 23.1 Å². The average molecular weight is 457 g/mol. The number of carbonyl (C=O) groups is 1. The largest absolute Gasteiger partial charge is 0.483 e. The summed E-state index contributed by atoms with van der Waals surface area (Å²) >= 11 is 0. The lowest BCUT2D eigenvalue weighted by Crippen LogP contribution is -2.28. The van der Waals surface area contributed by atoms with Crippen LogP contribution in [0, 0.1) is 5.92 Å². The molecule has 0 bridgehead atoms. The number of hydrogen-bond acceptors (Lipinski definition) is 5. The molecule has 1 aromatic heterocycles. The van der Waals surface area contributed by atoms with Crippen LogP contribution in [0.5, 0.6) is 5.75 Å². The number of rotatable bonds is 9.